The lowest BCUT2D eigenvalue weighted by atomic mass is 10.0. The molecule has 3 atom stereocenters. The summed E-state index contributed by atoms with van der Waals surface area (Å²) in [6.07, 6.45) is 19.0. The quantitative estimate of drug-likeness (QED) is 0.0658. The Labute approximate surface area is 228 Å². The van der Waals surface area contributed by atoms with E-state index >= 15 is 0 Å². The number of phosphoric acid groups is 1. The topological polar surface area (TPSA) is 105 Å². The Bertz CT molecular complexity index is 600. The van der Waals surface area contributed by atoms with Gasteiger partial charge in [0.2, 0.25) is 5.91 Å². The number of rotatable bonds is 26. The predicted molar refractivity (Wildman–Crippen MR) is 152 cm³/mol. The fraction of sp³-hybridized carbons (Fsp3) is 0.964. The maximum absolute atomic E-state index is 12.2. The first kappa shape index (κ1) is 36.5. The Hall–Kier alpha value is -0.500. The van der Waals surface area contributed by atoms with Crippen LogP contribution in [-0.4, -0.2) is 73.4 Å². The number of hydrogen-bond acceptors (Lipinski definition) is 5. The SMILES string of the molecule is CCCCCCCCCCCCCCCCCC(O)C(COP(=O)(O)OCC[N+](C)(C)C)NC(=O)CC. The molecule has 0 aliphatic carbocycles. The summed E-state index contributed by atoms with van der Waals surface area (Å²) in [5.41, 5.74) is 0. The lowest BCUT2D eigenvalue weighted by molar-refractivity contribution is -0.870. The van der Waals surface area contributed by atoms with Gasteiger partial charge in [-0.25, -0.2) is 4.57 Å². The second-order valence-corrected chi connectivity index (χ2v) is 12.9. The van der Waals surface area contributed by atoms with Crippen molar-refractivity contribution in [3.8, 4) is 0 Å². The molecule has 3 unspecified atom stereocenters. The molecule has 0 bridgehead atoms. The molecule has 0 fully saturated rings. The first-order valence-corrected chi connectivity index (χ1v) is 16.4. The molecule has 0 heterocycles. The van der Waals surface area contributed by atoms with E-state index in [0.29, 0.717) is 17.4 Å². The van der Waals surface area contributed by atoms with Gasteiger partial charge in [0.05, 0.1) is 39.9 Å². The molecule has 37 heavy (non-hydrogen) atoms. The van der Waals surface area contributed by atoms with Gasteiger partial charge in [-0.05, 0) is 6.42 Å². The summed E-state index contributed by atoms with van der Waals surface area (Å²) in [7, 11) is 1.61. The van der Waals surface area contributed by atoms with Crippen LogP contribution in [0.3, 0.4) is 0 Å². The van der Waals surface area contributed by atoms with Crippen molar-refractivity contribution in [1.29, 1.82) is 0 Å². The molecule has 0 spiro atoms. The van der Waals surface area contributed by atoms with Crippen LogP contribution in [0.5, 0.6) is 0 Å². The smallest absolute Gasteiger partial charge is 0.391 e. The lowest BCUT2D eigenvalue weighted by Gasteiger charge is -2.26. The molecule has 0 saturated carbocycles. The molecule has 8 nitrogen and oxygen atoms in total. The van der Waals surface area contributed by atoms with Crippen LogP contribution >= 0.6 is 7.82 Å². The van der Waals surface area contributed by atoms with Gasteiger partial charge in [0.1, 0.15) is 13.2 Å². The molecule has 0 saturated heterocycles. The molecule has 0 radical (unpaired) electrons. The first-order valence-electron chi connectivity index (χ1n) is 14.9. The second-order valence-electron chi connectivity index (χ2n) is 11.4. The van der Waals surface area contributed by atoms with Crippen LogP contribution in [0, 0.1) is 0 Å². The molecule has 0 aliphatic rings. The summed E-state index contributed by atoms with van der Waals surface area (Å²) < 4.78 is 22.9. The third-order valence-electron chi connectivity index (χ3n) is 6.67. The molecule has 1 amide bonds. The van der Waals surface area contributed by atoms with Gasteiger partial charge in [-0.2, -0.15) is 0 Å². The first-order chi connectivity index (χ1) is 17.5. The van der Waals surface area contributed by atoms with E-state index < -0.39 is 20.0 Å². The number of carbonyl (C=O) groups is 1. The van der Waals surface area contributed by atoms with E-state index in [1.54, 1.807) is 6.92 Å². The summed E-state index contributed by atoms with van der Waals surface area (Å²) in [6.45, 7) is 4.33. The summed E-state index contributed by atoms with van der Waals surface area (Å²) in [5.74, 6) is -0.233. The average molecular weight is 552 g/mol. The third-order valence-corrected chi connectivity index (χ3v) is 7.65. The van der Waals surface area contributed by atoms with Gasteiger partial charge in [-0.15, -0.1) is 0 Å². The molecule has 3 N–H and O–H groups in total. The maximum Gasteiger partial charge on any atom is 0.472 e. The maximum atomic E-state index is 12.2. The van der Waals surface area contributed by atoms with Gasteiger partial charge in [-0.3, -0.25) is 13.8 Å². The number of nitrogens with one attached hydrogen (secondary N) is 1. The third kappa shape index (κ3) is 24.3. The van der Waals surface area contributed by atoms with E-state index in [4.69, 9.17) is 9.05 Å². The predicted octanol–water partition coefficient (Wildman–Crippen LogP) is 6.34. The van der Waals surface area contributed by atoms with Crippen LogP contribution in [0.2, 0.25) is 0 Å². The van der Waals surface area contributed by atoms with E-state index in [2.05, 4.69) is 12.2 Å². The summed E-state index contributed by atoms with van der Waals surface area (Å²) in [4.78, 5) is 21.9. The Kier molecular flexibility index (Phi) is 22.0. The van der Waals surface area contributed by atoms with Crippen molar-refractivity contribution in [2.75, 3.05) is 40.9 Å². The lowest BCUT2D eigenvalue weighted by Crippen LogP contribution is -2.46. The van der Waals surface area contributed by atoms with E-state index in [1.807, 2.05) is 21.1 Å². The highest BCUT2D eigenvalue weighted by atomic mass is 31.2. The molecule has 0 aliphatic heterocycles. The van der Waals surface area contributed by atoms with Crippen LogP contribution in [0.1, 0.15) is 123 Å². The molecule has 9 heteroatoms. The Morgan fingerprint density at radius 2 is 1.27 bits per heavy atom. The zero-order valence-electron chi connectivity index (χ0n) is 24.7. The Morgan fingerprint density at radius 1 is 0.811 bits per heavy atom. The van der Waals surface area contributed by atoms with Crippen LogP contribution in [0.15, 0.2) is 0 Å². The number of quaternary nitrogens is 1. The number of hydrogen-bond donors (Lipinski definition) is 3. The molecular formula is C28H60N2O6P+. The number of aliphatic hydroxyl groups is 1. The Balaban J connectivity index is 4.05. The summed E-state index contributed by atoms with van der Waals surface area (Å²) in [6, 6.07) is -0.749. The molecule has 0 rings (SSSR count). The number of aliphatic hydroxyl groups excluding tert-OH is 1. The number of likely N-dealkylation sites (N-methyl/N-ethyl adjacent to an activating group) is 1. The molecule has 222 valence electrons. The minimum atomic E-state index is -4.26. The summed E-state index contributed by atoms with van der Waals surface area (Å²) in [5, 5.41) is 13.3. The zero-order valence-corrected chi connectivity index (χ0v) is 25.6. The molecule has 0 aromatic rings. The van der Waals surface area contributed by atoms with Crippen molar-refractivity contribution in [2.24, 2.45) is 0 Å². The minimum Gasteiger partial charge on any atom is -0.391 e. The molecule has 0 aromatic carbocycles. The van der Waals surface area contributed by atoms with Gasteiger partial charge < -0.3 is 19.8 Å². The number of nitrogens with zero attached hydrogens (tertiary/aromatic N) is 1. The van der Waals surface area contributed by atoms with Gasteiger partial charge in [-0.1, -0.05) is 110 Å². The number of carbonyl (C=O) groups excluding carboxylic acids is 1. The van der Waals surface area contributed by atoms with Gasteiger partial charge in [0.25, 0.3) is 0 Å². The highest BCUT2D eigenvalue weighted by Crippen LogP contribution is 2.43. The van der Waals surface area contributed by atoms with E-state index in [9.17, 15) is 19.4 Å². The highest BCUT2D eigenvalue weighted by molar-refractivity contribution is 7.47. The second kappa shape index (κ2) is 22.3. The molecular weight excluding hydrogens is 491 g/mol. The van der Waals surface area contributed by atoms with Crippen LogP contribution in [0.4, 0.5) is 0 Å². The zero-order chi connectivity index (χ0) is 28.0. The van der Waals surface area contributed by atoms with Crippen LogP contribution in [0.25, 0.3) is 0 Å². The largest absolute Gasteiger partial charge is 0.472 e. The van der Waals surface area contributed by atoms with Crippen molar-refractivity contribution in [2.45, 2.75) is 135 Å². The number of unbranched alkanes of at least 4 members (excludes halogenated alkanes) is 14. The average Bonchev–Trinajstić information content (AvgIpc) is 2.82. The van der Waals surface area contributed by atoms with Crippen LogP contribution < -0.4 is 5.32 Å². The van der Waals surface area contributed by atoms with Crippen molar-refractivity contribution in [3.05, 3.63) is 0 Å². The van der Waals surface area contributed by atoms with E-state index in [1.165, 1.54) is 77.0 Å². The van der Waals surface area contributed by atoms with Crippen molar-refractivity contribution in [3.63, 3.8) is 0 Å². The normalized spacial score (nSPS) is 15.3. The van der Waals surface area contributed by atoms with Crippen molar-refractivity contribution in [1.82, 2.24) is 5.32 Å². The van der Waals surface area contributed by atoms with E-state index in [-0.39, 0.29) is 25.5 Å². The van der Waals surface area contributed by atoms with E-state index in [0.717, 1.165) is 19.3 Å². The van der Waals surface area contributed by atoms with Crippen LogP contribution in [-0.2, 0) is 18.4 Å². The highest BCUT2D eigenvalue weighted by Gasteiger charge is 2.28. The standard InChI is InChI=1S/C28H59N2O6P/c1-6-8-9-10-11-12-13-14-15-16-17-18-19-20-21-22-27(31)26(29-28(32)7-2)25-36-37(33,34)35-24-23-30(3,4)5/h26-27,31H,6-25H2,1-5H3,(H-,29,32,33,34)/p+1. The fourth-order valence-electron chi connectivity index (χ4n) is 4.13. The summed E-state index contributed by atoms with van der Waals surface area (Å²) >= 11 is 0. The van der Waals surface area contributed by atoms with Gasteiger partial charge in [0.15, 0.2) is 0 Å². The van der Waals surface area contributed by atoms with Gasteiger partial charge >= 0.3 is 7.82 Å². The molecule has 0 aromatic heterocycles. The van der Waals surface area contributed by atoms with Crippen molar-refractivity contribution < 1.29 is 32.9 Å². The number of phosphoric ester groups is 1. The minimum absolute atomic E-state index is 0.0743. The van der Waals surface area contributed by atoms with Gasteiger partial charge in [0, 0.05) is 6.42 Å². The fourth-order valence-corrected chi connectivity index (χ4v) is 4.86. The number of amides is 1. The monoisotopic (exact) mass is 551 g/mol. The Morgan fingerprint density at radius 3 is 1.70 bits per heavy atom. The van der Waals surface area contributed by atoms with Crippen molar-refractivity contribution >= 4 is 13.7 Å².